The van der Waals surface area contributed by atoms with E-state index in [0.29, 0.717) is 0 Å². The number of nitrogens with zero attached hydrogens (tertiary/aromatic N) is 1. The quantitative estimate of drug-likeness (QED) is 0.831. The van der Waals surface area contributed by atoms with Gasteiger partial charge in [0.2, 0.25) is 5.91 Å². The van der Waals surface area contributed by atoms with Crippen molar-refractivity contribution in [1.29, 1.82) is 5.26 Å². The van der Waals surface area contributed by atoms with Crippen molar-refractivity contribution >= 4 is 22.6 Å². The van der Waals surface area contributed by atoms with E-state index >= 15 is 0 Å². The predicted molar refractivity (Wildman–Crippen MR) is 86.4 cm³/mol. The fraction of sp³-hybridized carbons (Fsp3) is 0.278. The summed E-state index contributed by atoms with van der Waals surface area (Å²) in [7, 11) is 1.26. The Morgan fingerprint density at radius 1 is 1.22 bits per heavy atom. The predicted octanol–water partition coefficient (Wildman–Crippen LogP) is 2.34. The molecule has 1 atom stereocenters. The number of rotatable bonds is 6. The number of hydrogen-bond donors (Lipinski definition) is 1. The van der Waals surface area contributed by atoms with Crippen LogP contribution < -0.4 is 5.32 Å². The first-order valence-corrected chi connectivity index (χ1v) is 7.36. The van der Waals surface area contributed by atoms with Gasteiger partial charge in [0.15, 0.2) is 0 Å². The number of nitrogens with one attached hydrogen (secondary N) is 1. The second-order valence-corrected chi connectivity index (χ2v) is 5.20. The molecule has 0 spiro atoms. The minimum absolute atomic E-state index is 0.172. The molecule has 0 unspecified atom stereocenters. The Labute approximate surface area is 134 Å². The van der Waals surface area contributed by atoms with Crippen LogP contribution in [0.15, 0.2) is 42.5 Å². The number of carbonyl (C=O) groups is 2. The summed E-state index contributed by atoms with van der Waals surface area (Å²) in [6.45, 7) is 0. The number of ether oxygens (including phenoxy) is 1. The van der Waals surface area contributed by atoms with Crippen LogP contribution in [0.2, 0.25) is 0 Å². The van der Waals surface area contributed by atoms with Crippen molar-refractivity contribution in [2.24, 2.45) is 0 Å². The summed E-state index contributed by atoms with van der Waals surface area (Å²) in [5, 5.41) is 13.4. The molecule has 0 saturated carbocycles. The monoisotopic (exact) mass is 310 g/mol. The van der Waals surface area contributed by atoms with E-state index in [1.807, 2.05) is 48.5 Å². The molecule has 0 aliphatic rings. The Hall–Kier alpha value is -2.87. The SMILES string of the molecule is COC(=O)[C@H](CCC#N)NC(=O)Cc1ccc2ccccc2c1. The van der Waals surface area contributed by atoms with Crippen LogP contribution >= 0.6 is 0 Å². The Morgan fingerprint density at radius 3 is 2.65 bits per heavy atom. The molecule has 118 valence electrons. The van der Waals surface area contributed by atoms with Crippen molar-refractivity contribution in [3.8, 4) is 6.07 Å². The van der Waals surface area contributed by atoms with Gasteiger partial charge < -0.3 is 10.1 Å². The molecule has 0 aromatic heterocycles. The summed E-state index contributed by atoms with van der Waals surface area (Å²) in [6, 6.07) is 14.9. The summed E-state index contributed by atoms with van der Waals surface area (Å²) >= 11 is 0. The highest BCUT2D eigenvalue weighted by Crippen LogP contribution is 2.16. The Bertz CT molecular complexity index is 749. The van der Waals surface area contributed by atoms with Crippen molar-refractivity contribution < 1.29 is 14.3 Å². The summed E-state index contributed by atoms with van der Waals surface area (Å²) in [6.07, 6.45) is 0.591. The Morgan fingerprint density at radius 2 is 1.96 bits per heavy atom. The highest BCUT2D eigenvalue weighted by molar-refractivity contribution is 5.87. The van der Waals surface area contributed by atoms with Crippen molar-refractivity contribution in [3.05, 3.63) is 48.0 Å². The smallest absolute Gasteiger partial charge is 0.328 e. The van der Waals surface area contributed by atoms with E-state index in [-0.39, 0.29) is 25.2 Å². The number of fused-ring (bicyclic) bond motifs is 1. The van der Waals surface area contributed by atoms with Gasteiger partial charge in [0.05, 0.1) is 19.6 Å². The average molecular weight is 310 g/mol. The lowest BCUT2D eigenvalue weighted by molar-refractivity contribution is -0.145. The van der Waals surface area contributed by atoms with Gasteiger partial charge in [0, 0.05) is 6.42 Å². The fourth-order valence-corrected chi connectivity index (χ4v) is 2.38. The van der Waals surface area contributed by atoms with Crippen molar-refractivity contribution in [1.82, 2.24) is 5.32 Å². The van der Waals surface area contributed by atoms with Gasteiger partial charge in [-0.05, 0) is 22.8 Å². The number of nitriles is 1. The molecule has 5 heteroatoms. The second kappa shape index (κ2) is 7.95. The molecule has 5 nitrogen and oxygen atoms in total. The highest BCUT2D eigenvalue weighted by atomic mass is 16.5. The van der Waals surface area contributed by atoms with Crippen LogP contribution in [-0.4, -0.2) is 25.0 Å². The minimum atomic E-state index is -0.785. The van der Waals surface area contributed by atoms with E-state index < -0.39 is 12.0 Å². The molecular weight excluding hydrogens is 292 g/mol. The van der Waals surface area contributed by atoms with Gasteiger partial charge in [-0.2, -0.15) is 5.26 Å². The van der Waals surface area contributed by atoms with Crippen LogP contribution in [0.3, 0.4) is 0 Å². The van der Waals surface area contributed by atoms with E-state index in [4.69, 9.17) is 5.26 Å². The number of amides is 1. The molecule has 23 heavy (non-hydrogen) atoms. The summed E-state index contributed by atoms with van der Waals surface area (Å²) in [4.78, 5) is 23.8. The lowest BCUT2D eigenvalue weighted by atomic mass is 10.0. The molecule has 1 amide bonds. The van der Waals surface area contributed by atoms with Crippen LogP contribution in [0, 0.1) is 11.3 Å². The van der Waals surface area contributed by atoms with E-state index in [1.54, 1.807) is 0 Å². The van der Waals surface area contributed by atoms with Crippen LogP contribution in [0.4, 0.5) is 0 Å². The van der Waals surface area contributed by atoms with E-state index in [9.17, 15) is 9.59 Å². The van der Waals surface area contributed by atoms with Crippen LogP contribution in [0.25, 0.3) is 10.8 Å². The maximum absolute atomic E-state index is 12.1. The fourth-order valence-electron chi connectivity index (χ4n) is 2.38. The van der Waals surface area contributed by atoms with Crippen molar-refractivity contribution in [3.63, 3.8) is 0 Å². The molecule has 2 rings (SSSR count). The minimum Gasteiger partial charge on any atom is -0.467 e. The molecule has 0 saturated heterocycles. The van der Waals surface area contributed by atoms with E-state index in [0.717, 1.165) is 16.3 Å². The standard InChI is InChI=1S/C18H18N2O3/c1-23-18(22)16(7-4-10-19)20-17(21)12-13-8-9-14-5-2-3-6-15(14)11-13/h2-3,5-6,8-9,11,16H,4,7,12H2,1H3,(H,20,21)/t16-/m0/s1. The summed E-state index contributed by atoms with van der Waals surface area (Å²) < 4.78 is 4.66. The lowest BCUT2D eigenvalue weighted by Gasteiger charge is -2.15. The number of hydrogen-bond acceptors (Lipinski definition) is 4. The first-order chi connectivity index (χ1) is 11.1. The van der Waals surface area contributed by atoms with Crippen LogP contribution in [0.5, 0.6) is 0 Å². The maximum Gasteiger partial charge on any atom is 0.328 e. The Balaban J connectivity index is 2.04. The molecule has 1 N–H and O–H groups in total. The third-order valence-corrected chi connectivity index (χ3v) is 3.54. The lowest BCUT2D eigenvalue weighted by Crippen LogP contribution is -2.42. The summed E-state index contributed by atoms with van der Waals surface area (Å²) in [5.41, 5.74) is 0.866. The van der Waals surface area contributed by atoms with Gasteiger partial charge in [-0.3, -0.25) is 4.79 Å². The van der Waals surface area contributed by atoms with Crippen LogP contribution in [0.1, 0.15) is 18.4 Å². The van der Waals surface area contributed by atoms with E-state index in [2.05, 4.69) is 10.1 Å². The largest absolute Gasteiger partial charge is 0.467 e. The molecule has 0 radical (unpaired) electrons. The van der Waals surface area contributed by atoms with Gasteiger partial charge in [0.1, 0.15) is 6.04 Å². The topological polar surface area (TPSA) is 79.2 Å². The van der Waals surface area contributed by atoms with Gasteiger partial charge in [-0.1, -0.05) is 42.5 Å². The highest BCUT2D eigenvalue weighted by Gasteiger charge is 2.21. The average Bonchev–Trinajstić information content (AvgIpc) is 2.57. The number of methoxy groups -OCH3 is 1. The number of benzene rings is 2. The van der Waals surface area contributed by atoms with Crippen molar-refractivity contribution in [2.45, 2.75) is 25.3 Å². The first kappa shape index (κ1) is 16.5. The number of carbonyl (C=O) groups excluding carboxylic acids is 2. The van der Waals surface area contributed by atoms with Gasteiger partial charge in [0.25, 0.3) is 0 Å². The summed E-state index contributed by atoms with van der Waals surface area (Å²) in [5.74, 6) is -0.805. The molecule has 0 heterocycles. The Kier molecular flexibility index (Phi) is 5.70. The third-order valence-electron chi connectivity index (χ3n) is 3.54. The zero-order chi connectivity index (χ0) is 16.7. The first-order valence-electron chi connectivity index (χ1n) is 7.36. The number of esters is 1. The molecule has 0 bridgehead atoms. The van der Waals surface area contributed by atoms with Crippen molar-refractivity contribution in [2.75, 3.05) is 7.11 Å². The van der Waals surface area contributed by atoms with Crippen LogP contribution in [-0.2, 0) is 20.7 Å². The molecule has 0 aliphatic heterocycles. The zero-order valence-electron chi connectivity index (χ0n) is 12.9. The molecule has 2 aromatic rings. The third kappa shape index (κ3) is 4.55. The second-order valence-electron chi connectivity index (χ2n) is 5.20. The zero-order valence-corrected chi connectivity index (χ0v) is 12.9. The molecule has 0 fully saturated rings. The normalized spacial score (nSPS) is 11.5. The maximum atomic E-state index is 12.1. The molecule has 2 aromatic carbocycles. The molecule has 0 aliphatic carbocycles. The van der Waals surface area contributed by atoms with Gasteiger partial charge in [-0.15, -0.1) is 0 Å². The molecular formula is C18H18N2O3. The van der Waals surface area contributed by atoms with E-state index in [1.165, 1.54) is 7.11 Å². The van der Waals surface area contributed by atoms with Gasteiger partial charge >= 0.3 is 5.97 Å². The van der Waals surface area contributed by atoms with Gasteiger partial charge in [-0.25, -0.2) is 4.79 Å².